The van der Waals surface area contributed by atoms with Gasteiger partial charge in [-0.2, -0.15) is 0 Å². The van der Waals surface area contributed by atoms with E-state index in [1.807, 2.05) is 30.9 Å². The van der Waals surface area contributed by atoms with E-state index in [1.165, 1.54) is 0 Å². The van der Waals surface area contributed by atoms with E-state index in [0.29, 0.717) is 67.2 Å². The lowest BCUT2D eigenvalue weighted by molar-refractivity contribution is -0.143. The topological polar surface area (TPSA) is 79.3 Å². The first-order valence-electron chi connectivity index (χ1n) is 13.2. The Balaban J connectivity index is 1.47. The van der Waals surface area contributed by atoms with Gasteiger partial charge in [0.05, 0.1) is 12.7 Å². The molecule has 7 nitrogen and oxygen atoms in total. The average molecular weight is 564 g/mol. The number of nitrogens with zero attached hydrogens (tertiary/aromatic N) is 2. The summed E-state index contributed by atoms with van der Waals surface area (Å²) >= 11 is 12.3. The van der Waals surface area contributed by atoms with Gasteiger partial charge >= 0.3 is 0 Å². The van der Waals surface area contributed by atoms with Crippen LogP contribution in [0.4, 0.5) is 0 Å². The molecule has 4 rings (SSSR count). The minimum Gasteiger partial charge on any atom is -0.493 e. The first-order chi connectivity index (χ1) is 18.1. The lowest BCUT2D eigenvalue weighted by Gasteiger charge is -2.43. The summed E-state index contributed by atoms with van der Waals surface area (Å²) in [6, 6.07) is 10.7. The third kappa shape index (κ3) is 7.33. The highest BCUT2D eigenvalue weighted by Crippen LogP contribution is 2.36. The summed E-state index contributed by atoms with van der Waals surface area (Å²) in [6.07, 6.45) is 2.63. The standard InChI is InChI=1S/C29H36Cl2N2O5/c1-20-14-25(15-21(2)28(20)31)38-19-29(16-26(35)32-12-8-23(34)9-13-32)10-3-11-33(18-29)27(36)17-37-24-6-4-22(30)5-7-24/h4-7,14-15,23,34H,3,8-13,16-19H2,1-2H3/t29-/m1/s1. The highest BCUT2D eigenvalue weighted by atomic mass is 35.5. The Morgan fingerprint density at radius 2 is 1.61 bits per heavy atom. The molecule has 2 amide bonds. The van der Waals surface area contributed by atoms with Gasteiger partial charge in [-0.3, -0.25) is 9.59 Å². The molecule has 2 fully saturated rings. The molecule has 0 bridgehead atoms. The van der Waals surface area contributed by atoms with Crippen LogP contribution in [-0.4, -0.2) is 72.2 Å². The molecule has 1 atom stereocenters. The zero-order valence-electron chi connectivity index (χ0n) is 22.1. The van der Waals surface area contributed by atoms with Crippen LogP contribution in [0.5, 0.6) is 11.5 Å². The predicted molar refractivity (Wildman–Crippen MR) is 148 cm³/mol. The van der Waals surface area contributed by atoms with Crippen LogP contribution < -0.4 is 9.47 Å². The number of carbonyl (C=O) groups is 2. The van der Waals surface area contributed by atoms with Crippen LogP contribution in [0.25, 0.3) is 0 Å². The molecule has 2 saturated heterocycles. The fraction of sp³-hybridized carbons (Fsp3) is 0.517. The average Bonchev–Trinajstić information content (AvgIpc) is 2.90. The Hall–Kier alpha value is -2.48. The maximum atomic E-state index is 13.4. The number of hydrogen-bond acceptors (Lipinski definition) is 5. The SMILES string of the molecule is Cc1cc(OC[C@@]2(CC(=O)N3CCC(O)CC3)CCCN(C(=O)COc3ccc(Cl)cc3)C2)cc(C)c1Cl. The summed E-state index contributed by atoms with van der Waals surface area (Å²) in [5.41, 5.74) is 1.32. The smallest absolute Gasteiger partial charge is 0.260 e. The van der Waals surface area contributed by atoms with Crippen molar-refractivity contribution in [1.82, 2.24) is 9.80 Å². The fourth-order valence-corrected chi connectivity index (χ4v) is 5.51. The summed E-state index contributed by atoms with van der Waals surface area (Å²) in [5.74, 6) is 1.18. The highest BCUT2D eigenvalue weighted by Gasteiger charge is 2.41. The maximum Gasteiger partial charge on any atom is 0.260 e. The monoisotopic (exact) mass is 562 g/mol. The Morgan fingerprint density at radius 3 is 2.26 bits per heavy atom. The largest absolute Gasteiger partial charge is 0.493 e. The second-order valence-electron chi connectivity index (χ2n) is 10.6. The number of amides is 2. The number of hydrogen-bond donors (Lipinski definition) is 1. The van der Waals surface area contributed by atoms with Crippen molar-refractivity contribution in [3.8, 4) is 11.5 Å². The molecule has 0 aliphatic carbocycles. The van der Waals surface area contributed by atoms with E-state index in [2.05, 4.69) is 0 Å². The summed E-state index contributed by atoms with van der Waals surface area (Å²) in [5, 5.41) is 11.2. The number of piperidine rings is 2. The van der Waals surface area contributed by atoms with Crippen LogP contribution in [0.1, 0.15) is 43.2 Å². The second-order valence-corrected chi connectivity index (χ2v) is 11.4. The molecule has 0 radical (unpaired) electrons. The number of aryl methyl sites for hydroxylation is 2. The van der Waals surface area contributed by atoms with Crippen LogP contribution in [0.2, 0.25) is 10.0 Å². The summed E-state index contributed by atoms with van der Waals surface area (Å²) in [6.45, 7) is 6.19. The molecule has 0 spiro atoms. The molecule has 1 N–H and O–H groups in total. The number of likely N-dealkylation sites (tertiary alicyclic amines) is 2. The number of carbonyl (C=O) groups excluding carboxylic acids is 2. The summed E-state index contributed by atoms with van der Waals surface area (Å²) < 4.78 is 12.0. The van der Waals surface area contributed by atoms with Crippen molar-refractivity contribution in [2.75, 3.05) is 39.4 Å². The predicted octanol–water partition coefficient (Wildman–Crippen LogP) is 5.05. The molecule has 9 heteroatoms. The van der Waals surface area contributed by atoms with Crippen molar-refractivity contribution >= 4 is 35.0 Å². The minimum absolute atomic E-state index is 0.0377. The van der Waals surface area contributed by atoms with Gasteiger partial charge in [0.2, 0.25) is 5.91 Å². The molecular formula is C29H36Cl2N2O5. The normalized spacial score (nSPS) is 20.3. The number of ether oxygens (including phenoxy) is 2. The van der Waals surface area contributed by atoms with Gasteiger partial charge in [-0.05, 0) is 87.1 Å². The van der Waals surface area contributed by atoms with Crippen molar-refractivity contribution in [1.29, 1.82) is 0 Å². The number of halogens is 2. The van der Waals surface area contributed by atoms with Crippen molar-refractivity contribution in [3.05, 3.63) is 57.6 Å². The molecule has 2 heterocycles. The zero-order chi connectivity index (χ0) is 27.3. The van der Waals surface area contributed by atoms with Crippen molar-refractivity contribution in [2.24, 2.45) is 5.41 Å². The second kappa shape index (κ2) is 12.6. The minimum atomic E-state index is -0.539. The van der Waals surface area contributed by atoms with Crippen LogP contribution >= 0.6 is 23.2 Å². The van der Waals surface area contributed by atoms with Crippen molar-refractivity contribution < 1.29 is 24.2 Å². The van der Waals surface area contributed by atoms with Crippen LogP contribution in [0.3, 0.4) is 0 Å². The molecule has 38 heavy (non-hydrogen) atoms. The maximum absolute atomic E-state index is 13.4. The summed E-state index contributed by atoms with van der Waals surface area (Å²) in [7, 11) is 0. The first-order valence-corrected chi connectivity index (χ1v) is 13.9. The Kier molecular flexibility index (Phi) is 9.45. The summed E-state index contributed by atoms with van der Waals surface area (Å²) in [4.78, 5) is 30.2. The first kappa shape index (κ1) is 28.5. The van der Waals surface area contributed by atoms with Crippen LogP contribution in [-0.2, 0) is 9.59 Å². The molecule has 0 saturated carbocycles. The Bertz CT molecular complexity index is 1110. The zero-order valence-corrected chi connectivity index (χ0v) is 23.6. The van der Waals surface area contributed by atoms with Crippen LogP contribution in [0.15, 0.2) is 36.4 Å². The molecule has 2 aliphatic heterocycles. The number of rotatable bonds is 8. The van der Waals surface area contributed by atoms with E-state index in [0.717, 1.165) is 24.0 Å². The number of aliphatic hydroxyl groups is 1. The van der Waals surface area contributed by atoms with Gasteiger partial charge in [0.1, 0.15) is 11.5 Å². The lowest BCUT2D eigenvalue weighted by atomic mass is 9.77. The Labute approximate surface area is 234 Å². The van der Waals surface area contributed by atoms with Crippen LogP contribution in [0, 0.1) is 19.3 Å². The fourth-order valence-electron chi connectivity index (χ4n) is 5.27. The van der Waals surface area contributed by atoms with E-state index in [1.54, 1.807) is 29.2 Å². The molecule has 0 unspecified atom stereocenters. The van der Waals surface area contributed by atoms with Crippen molar-refractivity contribution in [3.63, 3.8) is 0 Å². The molecule has 0 aromatic heterocycles. The van der Waals surface area contributed by atoms with E-state index in [4.69, 9.17) is 32.7 Å². The molecule has 206 valence electrons. The molecule has 2 aromatic carbocycles. The van der Waals surface area contributed by atoms with Gasteiger partial charge in [-0.15, -0.1) is 0 Å². The van der Waals surface area contributed by atoms with E-state index in [9.17, 15) is 14.7 Å². The van der Waals surface area contributed by atoms with Gasteiger partial charge in [0, 0.05) is 48.1 Å². The van der Waals surface area contributed by atoms with Gasteiger partial charge in [0.15, 0.2) is 6.61 Å². The van der Waals surface area contributed by atoms with Crippen molar-refractivity contribution in [2.45, 2.75) is 52.1 Å². The number of benzene rings is 2. The molecule has 2 aromatic rings. The molecular weight excluding hydrogens is 527 g/mol. The van der Waals surface area contributed by atoms with Gasteiger partial charge in [-0.25, -0.2) is 0 Å². The highest BCUT2D eigenvalue weighted by molar-refractivity contribution is 6.32. The quantitative estimate of drug-likeness (QED) is 0.487. The van der Waals surface area contributed by atoms with E-state index in [-0.39, 0.29) is 30.9 Å². The lowest BCUT2D eigenvalue weighted by Crippen LogP contribution is -2.52. The van der Waals surface area contributed by atoms with E-state index >= 15 is 0 Å². The van der Waals surface area contributed by atoms with Gasteiger partial charge in [0.25, 0.3) is 5.91 Å². The third-order valence-electron chi connectivity index (χ3n) is 7.49. The molecule has 2 aliphatic rings. The number of aliphatic hydroxyl groups excluding tert-OH is 1. The van der Waals surface area contributed by atoms with Gasteiger partial charge < -0.3 is 24.4 Å². The van der Waals surface area contributed by atoms with Gasteiger partial charge in [-0.1, -0.05) is 23.2 Å². The third-order valence-corrected chi connectivity index (χ3v) is 8.34. The van der Waals surface area contributed by atoms with E-state index < -0.39 is 5.41 Å². The Morgan fingerprint density at radius 1 is 0.947 bits per heavy atom.